The average molecular weight is 190 g/mol. The van der Waals surface area contributed by atoms with Crippen molar-refractivity contribution in [2.45, 2.75) is 32.2 Å². The summed E-state index contributed by atoms with van der Waals surface area (Å²) < 4.78 is 0. The van der Waals surface area contributed by atoms with Crippen molar-refractivity contribution in [3.05, 3.63) is 29.3 Å². The molecule has 1 aliphatic rings. The van der Waals surface area contributed by atoms with E-state index in [2.05, 4.69) is 23.5 Å². The van der Waals surface area contributed by atoms with Crippen molar-refractivity contribution < 1.29 is 0 Å². The van der Waals surface area contributed by atoms with E-state index in [1.54, 1.807) is 0 Å². The second kappa shape index (κ2) is 4.01. The molecule has 1 atom stereocenters. The third kappa shape index (κ3) is 1.90. The van der Waals surface area contributed by atoms with Gasteiger partial charge >= 0.3 is 0 Å². The van der Waals surface area contributed by atoms with Crippen LogP contribution in [0.3, 0.4) is 0 Å². The highest BCUT2D eigenvalue weighted by Crippen LogP contribution is 2.25. The minimum absolute atomic E-state index is 0.520. The van der Waals surface area contributed by atoms with Crippen LogP contribution in [0.5, 0.6) is 0 Å². The summed E-state index contributed by atoms with van der Waals surface area (Å²) in [5.74, 6) is 0. The summed E-state index contributed by atoms with van der Waals surface area (Å²) in [6, 6.07) is 6.93. The molecular weight excluding hydrogens is 172 g/mol. The van der Waals surface area contributed by atoms with Crippen LogP contribution in [0.15, 0.2) is 18.2 Å². The molecule has 0 saturated carbocycles. The summed E-state index contributed by atoms with van der Waals surface area (Å²) in [6.45, 7) is 3.19. The lowest BCUT2D eigenvalue weighted by atomic mass is 9.96. The van der Waals surface area contributed by atoms with Gasteiger partial charge in [-0.15, -0.1) is 0 Å². The normalized spacial score (nSPS) is 22.2. The maximum Gasteiger partial charge on any atom is 0.0347 e. The van der Waals surface area contributed by atoms with Gasteiger partial charge in [-0.2, -0.15) is 0 Å². The average Bonchev–Trinajstić information content (AvgIpc) is 2.23. The first-order valence-corrected chi connectivity index (χ1v) is 5.37. The number of nitrogens with two attached hydrogens (primary N) is 1. The van der Waals surface area contributed by atoms with Gasteiger partial charge in [0.05, 0.1) is 0 Å². The number of piperidine rings is 1. The van der Waals surface area contributed by atoms with Gasteiger partial charge in [0, 0.05) is 11.7 Å². The Morgan fingerprint density at radius 1 is 1.36 bits per heavy atom. The summed E-state index contributed by atoms with van der Waals surface area (Å²) in [5, 5.41) is 3.53. The molecule has 1 aromatic carbocycles. The Bertz CT molecular complexity index is 314. The van der Waals surface area contributed by atoms with Gasteiger partial charge in [0.1, 0.15) is 0 Å². The molecule has 0 spiro atoms. The Labute approximate surface area is 85.5 Å². The van der Waals surface area contributed by atoms with Crippen LogP contribution >= 0.6 is 0 Å². The second-order valence-electron chi connectivity index (χ2n) is 4.12. The predicted molar refractivity (Wildman–Crippen MR) is 60.2 cm³/mol. The maximum absolute atomic E-state index is 5.90. The molecule has 1 aliphatic heterocycles. The number of aryl methyl sites for hydroxylation is 1. The lowest BCUT2D eigenvalue weighted by molar-refractivity contribution is 0.412. The van der Waals surface area contributed by atoms with E-state index in [0.717, 1.165) is 12.2 Å². The van der Waals surface area contributed by atoms with E-state index in [-0.39, 0.29) is 0 Å². The Morgan fingerprint density at radius 3 is 2.86 bits per heavy atom. The minimum Gasteiger partial charge on any atom is -0.399 e. The fourth-order valence-electron chi connectivity index (χ4n) is 2.01. The first-order chi connectivity index (χ1) is 6.77. The van der Waals surface area contributed by atoms with Crippen LogP contribution in [0, 0.1) is 6.92 Å². The molecule has 2 rings (SSSR count). The number of hydrogen-bond donors (Lipinski definition) is 2. The third-order valence-corrected chi connectivity index (χ3v) is 3.02. The van der Waals surface area contributed by atoms with E-state index in [4.69, 9.17) is 5.73 Å². The van der Waals surface area contributed by atoms with Crippen molar-refractivity contribution in [1.82, 2.24) is 5.32 Å². The predicted octanol–water partition coefficient (Wildman–Crippen LogP) is 2.39. The molecule has 14 heavy (non-hydrogen) atoms. The summed E-state index contributed by atoms with van der Waals surface area (Å²) >= 11 is 0. The number of anilines is 1. The van der Waals surface area contributed by atoms with E-state index < -0.39 is 0 Å². The van der Waals surface area contributed by atoms with Gasteiger partial charge in [0.15, 0.2) is 0 Å². The maximum atomic E-state index is 5.90. The molecule has 0 aromatic heterocycles. The molecule has 2 nitrogen and oxygen atoms in total. The molecule has 0 amide bonds. The largest absolute Gasteiger partial charge is 0.399 e. The van der Waals surface area contributed by atoms with Gasteiger partial charge in [-0.05, 0) is 43.5 Å². The van der Waals surface area contributed by atoms with Gasteiger partial charge in [0.2, 0.25) is 0 Å². The number of nitrogen functional groups attached to an aromatic ring is 1. The van der Waals surface area contributed by atoms with E-state index >= 15 is 0 Å². The highest BCUT2D eigenvalue weighted by Gasteiger charge is 2.14. The third-order valence-electron chi connectivity index (χ3n) is 3.02. The summed E-state index contributed by atoms with van der Waals surface area (Å²) in [4.78, 5) is 0. The van der Waals surface area contributed by atoms with Crippen LogP contribution in [0.2, 0.25) is 0 Å². The number of benzene rings is 1. The Balaban J connectivity index is 2.18. The van der Waals surface area contributed by atoms with Gasteiger partial charge in [-0.3, -0.25) is 0 Å². The molecule has 2 heteroatoms. The van der Waals surface area contributed by atoms with E-state index in [0.29, 0.717) is 6.04 Å². The lowest BCUT2D eigenvalue weighted by Crippen LogP contribution is -2.26. The molecule has 1 heterocycles. The van der Waals surface area contributed by atoms with Crippen LogP contribution < -0.4 is 11.1 Å². The Kier molecular flexibility index (Phi) is 2.73. The zero-order chi connectivity index (χ0) is 9.97. The van der Waals surface area contributed by atoms with Crippen LogP contribution in [0.1, 0.15) is 36.4 Å². The summed E-state index contributed by atoms with van der Waals surface area (Å²) in [6.07, 6.45) is 3.87. The number of nitrogens with one attached hydrogen (secondary N) is 1. The monoisotopic (exact) mass is 190 g/mol. The molecule has 0 bridgehead atoms. The van der Waals surface area contributed by atoms with E-state index in [1.807, 2.05) is 6.92 Å². The molecule has 1 saturated heterocycles. The Hall–Kier alpha value is -1.02. The first kappa shape index (κ1) is 9.53. The van der Waals surface area contributed by atoms with Crippen LogP contribution in [-0.4, -0.2) is 6.54 Å². The standard InChI is InChI=1S/C12H18N2/c1-9-5-6-10(8-11(9)13)12-4-2-3-7-14-12/h5-6,8,12,14H,2-4,7,13H2,1H3/t12-/m1/s1. The SMILES string of the molecule is Cc1ccc([C@H]2CCCCN2)cc1N. The molecule has 0 aliphatic carbocycles. The van der Waals surface area contributed by atoms with E-state index in [1.165, 1.54) is 30.4 Å². The lowest BCUT2D eigenvalue weighted by Gasteiger charge is -2.24. The molecular formula is C12H18N2. The van der Waals surface area contributed by atoms with Crippen LogP contribution in [0.4, 0.5) is 5.69 Å². The highest BCUT2D eigenvalue weighted by molar-refractivity contribution is 5.49. The number of rotatable bonds is 1. The highest BCUT2D eigenvalue weighted by atomic mass is 14.9. The van der Waals surface area contributed by atoms with Crippen molar-refractivity contribution in [2.75, 3.05) is 12.3 Å². The zero-order valence-electron chi connectivity index (χ0n) is 8.72. The first-order valence-electron chi connectivity index (χ1n) is 5.37. The molecule has 1 aromatic rings. The molecule has 3 N–H and O–H groups in total. The van der Waals surface area contributed by atoms with Crippen LogP contribution in [-0.2, 0) is 0 Å². The number of hydrogen-bond acceptors (Lipinski definition) is 2. The van der Waals surface area contributed by atoms with Crippen LogP contribution in [0.25, 0.3) is 0 Å². The van der Waals surface area contributed by atoms with Crippen molar-refractivity contribution in [3.8, 4) is 0 Å². The topological polar surface area (TPSA) is 38.0 Å². The fourth-order valence-corrected chi connectivity index (χ4v) is 2.01. The summed E-state index contributed by atoms with van der Waals surface area (Å²) in [5.41, 5.74) is 9.32. The van der Waals surface area contributed by atoms with Crippen molar-refractivity contribution in [2.24, 2.45) is 0 Å². The van der Waals surface area contributed by atoms with Crippen molar-refractivity contribution in [1.29, 1.82) is 0 Å². The van der Waals surface area contributed by atoms with Gasteiger partial charge in [0.25, 0.3) is 0 Å². The molecule has 0 unspecified atom stereocenters. The smallest absolute Gasteiger partial charge is 0.0347 e. The van der Waals surface area contributed by atoms with Gasteiger partial charge in [-0.1, -0.05) is 18.6 Å². The van der Waals surface area contributed by atoms with Gasteiger partial charge < -0.3 is 11.1 Å². The van der Waals surface area contributed by atoms with Gasteiger partial charge in [-0.25, -0.2) is 0 Å². The molecule has 76 valence electrons. The molecule has 1 fully saturated rings. The summed E-state index contributed by atoms with van der Waals surface area (Å²) in [7, 11) is 0. The van der Waals surface area contributed by atoms with Crippen molar-refractivity contribution >= 4 is 5.69 Å². The van der Waals surface area contributed by atoms with Crippen molar-refractivity contribution in [3.63, 3.8) is 0 Å². The second-order valence-corrected chi connectivity index (χ2v) is 4.12. The fraction of sp³-hybridized carbons (Fsp3) is 0.500. The zero-order valence-corrected chi connectivity index (χ0v) is 8.72. The molecule has 0 radical (unpaired) electrons. The minimum atomic E-state index is 0.520. The quantitative estimate of drug-likeness (QED) is 0.667. The van der Waals surface area contributed by atoms with E-state index in [9.17, 15) is 0 Å². The Morgan fingerprint density at radius 2 is 2.21 bits per heavy atom.